The van der Waals surface area contributed by atoms with E-state index in [1.54, 1.807) is 0 Å². The summed E-state index contributed by atoms with van der Waals surface area (Å²) in [4.78, 5) is 11.6. The minimum absolute atomic E-state index is 0.536. The predicted molar refractivity (Wildman–Crippen MR) is 116 cm³/mol. The van der Waals surface area contributed by atoms with Gasteiger partial charge in [-0.2, -0.15) is 5.10 Å². The second-order valence-electron chi connectivity index (χ2n) is 7.94. The topological polar surface area (TPSA) is 57.7 Å². The summed E-state index contributed by atoms with van der Waals surface area (Å²) in [6.07, 6.45) is 6.00. The number of piperidine rings is 1. The Labute approximate surface area is 170 Å². The van der Waals surface area contributed by atoms with Crippen LogP contribution in [0, 0.1) is 6.92 Å². The van der Waals surface area contributed by atoms with Crippen molar-refractivity contribution in [1.29, 1.82) is 0 Å². The van der Waals surface area contributed by atoms with E-state index in [9.17, 15) is 0 Å². The smallest absolute Gasteiger partial charge is 0.0941 e. The van der Waals surface area contributed by atoms with Crippen molar-refractivity contribution >= 4 is 10.9 Å². The third-order valence-corrected chi connectivity index (χ3v) is 5.98. The molecule has 1 saturated heterocycles. The van der Waals surface area contributed by atoms with Gasteiger partial charge in [-0.05, 0) is 62.7 Å². The Morgan fingerprint density at radius 3 is 2.79 bits per heavy atom. The summed E-state index contributed by atoms with van der Waals surface area (Å²) in [7, 11) is 0. The fourth-order valence-electron chi connectivity index (χ4n) is 4.24. The van der Waals surface area contributed by atoms with E-state index >= 15 is 0 Å². The Bertz CT molecular complexity index is 1120. The highest BCUT2D eigenvalue weighted by molar-refractivity contribution is 5.78. The van der Waals surface area contributed by atoms with E-state index in [-0.39, 0.29) is 0 Å². The number of nitrogens with one attached hydrogen (secondary N) is 1. The molecule has 1 aliphatic heterocycles. The lowest BCUT2D eigenvalue weighted by Crippen LogP contribution is -2.32. The SMILES string of the molecule is Cc1ccncc1-c1cc(C2CCN(Cc3ccc4ccccc4n3)CC2)[nH]n1. The van der Waals surface area contributed by atoms with Gasteiger partial charge in [-0.15, -0.1) is 0 Å². The number of aromatic amines is 1. The van der Waals surface area contributed by atoms with Crippen molar-refractivity contribution in [2.45, 2.75) is 32.2 Å². The van der Waals surface area contributed by atoms with Gasteiger partial charge >= 0.3 is 0 Å². The van der Waals surface area contributed by atoms with Gasteiger partial charge in [-0.1, -0.05) is 24.3 Å². The molecule has 4 heterocycles. The first-order valence-corrected chi connectivity index (χ1v) is 10.3. The number of para-hydroxylation sites is 1. The number of nitrogens with zero attached hydrogens (tertiary/aromatic N) is 4. The van der Waals surface area contributed by atoms with E-state index in [4.69, 9.17) is 4.98 Å². The van der Waals surface area contributed by atoms with Crippen molar-refractivity contribution in [3.63, 3.8) is 0 Å². The molecule has 4 aromatic rings. The molecule has 0 spiro atoms. The average Bonchev–Trinajstić information content (AvgIpc) is 3.24. The maximum atomic E-state index is 4.83. The predicted octanol–water partition coefficient (Wildman–Crippen LogP) is 4.71. The van der Waals surface area contributed by atoms with Crippen LogP contribution in [0.3, 0.4) is 0 Å². The minimum atomic E-state index is 0.536. The van der Waals surface area contributed by atoms with Crippen molar-refractivity contribution in [2.24, 2.45) is 0 Å². The van der Waals surface area contributed by atoms with Gasteiger partial charge in [0.05, 0.1) is 16.9 Å². The van der Waals surface area contributed by atoms with Crippen LogP contribution >= 0.6 is 0 Å². The van der Waals surface area contributed by atoms with Gasteiger partial charge in [0.15, 0.2) is 0 Å². The first-order chi connectivity index (χ1) is 14.3. The molecule has 5 nitrogen and oxygen atoms in total. The van der Waals surface area contributed by atoms with Gasteiger partial charge in [0, 0.05) is 41.5 Å². The highest BCUT2D eigenvalue weighted by atomic mass is 15.1. The number of H-pyrrole nitrogens is 1. The van der Waals surface area contributed by atoms with Crippen LogP contribution in [0.15, 0.2) is 60.9 Å². The zero-order valence-corrected chi connectivity index (χ0v) is 16.7. The standard InChI is InChI=1S/C24H25N5/c1-17-8-11-25-15-21(17)24-14-23(27-28-24)19-9-12-29(13-10-19)16-20-7-6-18-4-2-3-5-22(18)26-20/h2-8,11,14-15,19H,9-10,12-13,16H2,1H3,(H,27,28). The highest BCUT2D eigenvalue weighted by Gasteiger charge is 2.23. The molecule has 29 heavy (non-hydrogen) atoms. The van der Waals surface area contributed by atoms with Gasteiger partial charge in [-0.3, -0.25) is 20.0 Å². The van der Waals surface area contributed by atoms with Crippen LogP contribution in [0.2, 0.25) is 0 Å². The normalized spacial score (nSPS) is 15.8. The molecular weight excluding hydrogens is 358 g/mol. The molecule has 146 valence electrons. The molecule has 0 saturated carbocycles. The number of fused-ring (bicyclic) bond motifs is 1. The molecule has 0 atom stereocenters. The summed E-state index contributed by atoms with van der Waals surface area (Å²) in [5.41, 5.74) is 6.78. The maximum absolute atomic E-state index is 4.83. The number of likely N-dealkylation sites (tertiary alicyclic amines) is 1. The summed E-state index contributed by atoms with van der Waals surface area (Å²) in [5.74, 6) is 0.536. The number of benzene rings is 1. The first-order valence-electron chi connectivity index (χ1n) is 10.3. The number of aryl methyl sites for hydroxylation is 1. The lowest BCUT2D eigenvalue weighted by atomic mass is 9.93. The quantitative estimate of drug-likeness (QED) is 0.555. The van der Waals surface area contributed by atoms with Crippen LogP contribution in [0.1, 0.15) is 35.7 Å². The fraction of sp³-hybridized carbons (Fsp3) is 0.292. The molecule has 1 fully saturated rings. The molecule has 0 amide bonds. The second-order valence-corrected chi connectivity index (χ2v) is 7.94. The highest BCUT2D eigenvalue weighted by Crippen LogP contribution is 2.30. The molecule has 5 rings (SSSR count). The Kier molecular flexibility index (Phi) is 4.82. The molecule has 5 heteroatoms. The lowest BCUT2D eigenvalue weighted by molar-refractivity contribution is 0.201. The molecule has 3 aromatic heterocycles. The van der Waals surface area contributed by atoms with Crippen LogP contribution in [0.25, 0.3) is 22.2 Å². The Morgan fingerprint density at radius 1 is 1.07 bits per heavy atom. The van der Waals surface area contributed by atoms with Gasteiger partial charge in [0.2, 0.25) is 0 Å². The van der Waals surface area contributed by atoms with E-state index in [2.05, 4.69) is 69.5 Å². The van der Waals surface area contributed by atoms with Crippen molar-refractivity contribution < 1.29 is 0 Å². The number of hydrogen-bond donors (Lipinski definition) is 1. The number of hydrogen-bond acceptors (Lipinski definition) is 4. The Hall–Kier alpha value is -3.05. The van der Waals surface area contributed by atoms with Crippen LogP contribution in [-0.2, 0) is 6.54 Å². The summed E-state index contributed by atoms with van der Waals surface area (Å²) in [6.45, 7) is 5.18. The van der Waals surface area contributed by atoms with Crippen molar-refractivity contribution in [3.05, 3.63) is 77.9 Å². The number of pyridine rings is 2. The van der Waals surface area contributed by atoms with Crippen molar-refractivity contribution in [1.82, 2.24) is 25.1 Å². The molecule has 1 N–H and O–H groups in total. The molecule has 0 radical (unpaired) electrons. The van der Waals surface area contributed by atoms with E-state index < -0.39 is 0 Å². The zero-order valence-electron chi connectivity index (χ0n) is 16.7. The Balaban J connectivity index is 1.23. The number of aromatic nitrogens is 4. The zero-order chi connectivity index (χ0) is 19.6. The van der Waals surface area contributed by atoms with E-state index in [1.807, 2.05) is 18.5 Å². The lowest BCUT2D eigenvalue weighted by Gasteiger charge is -2.31. The monoisotopic (exact) mass is 383 g/mol. The Morgan fingerprint density at radius 2 is 1.93 bits per heavy atom. The largest absolute Gasteiger partial charge is 0.297 e. The molecule has 0 bridgehead atoms. The van der Waals surface area contributed by atoms with E-state index in [0.717, 1.165) is 54.9 Å². The van der Waals surface area contributed by atoms with Crippen LogP contribution < -0.4 is 0 Å². The first kappa shape index (κ1) is 18.0. The fourth-order valence-corrected chi connectivity index (χ4v) is 4.24. The minimum Gasteiger partial charge on any atom is -0.297 e. The maximum Gasteiger partial charge on any atom is 0.0941 e. The van der Waals surface area contributed by atoms with E-state index in [1.165, 1.54) is 16.6 Å². The average molecular weight is 383 g/mol. The van der Waals surface area contributed by atoms with Crippen LogP contribution in [-0.4, -0.2) is 38.2 Å². The van der Waals surface area contributed by atoms with Crippen molar-refractivity contribution in [2.75, 3.05) is 13.1 Å². The van der Waals surface area contributed by atoms with Crippen LogP contribution in [0.4, 0.5) is 0 Å². The molecular formula is C24H25N5. The van der Waals surface area contributed by atoms with Crippen LogP contribution in [0.5, 0.6) is 0 Å². The molecule has 0 aliphatic carbocycles. The third kappa shape index (κ3) is 3.78. The molecule has 1 aromatic carbocycles. The summed E-state index contributed by atoms with van der Waals surface area (Å²) in [6, 6.07) is 16.9. The summed E-state index contributed by atoms with van der Waals surface area (Å²) < 4.78 is 0. The van der Waals surface area contributed by atoms with Gasteiger partial charge in [0.1, 0.15) is 0 Å². The summed E-state index contributed by atoms with van der Waals surface area (Å²) >= 11 is 0. The van der Waals surface area contributed by atoms with Crippen molar-refractivity contribution in [3.8, 4) is 11.3 Å². The van der Waals surface area contributed by atoms with Gasteiger partial charge in [0.25, 0.3) is 0 Å². The van der Waals surface area contributed by atoms with Gasteiger partial charge < -0.3 is 0 Å². The third-order valence-electron chi connectivity index (χ3n) is 5.98. The summed E-state index contributed by atoms with van der Waals surface area (Å²) in [5, 5.41) is 9.03. The molecule has 0 unspecified atom stereocenters. The number of rotatable bonds is 4. The molecule has 1 aliphatic rings. The van der Waals surface area contributed by atoms with E-state index in [0.29, 0.717) is 5.92 Å². The van der Waals surface area contributed by atoms with Gasteiger partial charge in [-0.25, -0.2) is 0 Å². The second kappa shape index (κ2) is 7.76.